The van der Waals surface area contributed by atoms with Crippen LogP contribution in [0.15, 0.2) is 29.4 Å². The molecule has 1 aromatic carbocycles. The summed E-state index contributed by atoms with van der Waals surface area (Å²) in [6, 6.07) is 6.13. The standard InChI is InChI=1S/C11H14N2O2/c1-3-8(2)12-13-11(15)9-5-4-6-10(14)7-9/h4-7,14H,3H2,1-2H3,(H,13,15)/b12-8-. The molecule has 0 aliphatic heterocycles. The fourth-order valence-corrected chi connectivity index (χ4v) is 0.937. The summed E-state index contributed by atoms with van der Waals surface area (Å²) in [4.78, 5) is 11.5. The zero-order valence-electron chi connectivity index (χ0n) is 8.82. The Morgan fingerprint density at radius 3 is 2.87 bits per heavy atom. The summed E-state index contributed by atoms with van der Waals surface area (Å²) >= 11 is 0. The van der Waals surface area contributed by atoms with Crippen molar-refractivity contribution in [3.8, 4) is 5.75 Å². The van der Waals surface area contributed by atoms with Crippen molar-refractivity contribution in [1.29, 1.82) is 0 Å². The van der Waals surface area contributed by atoms with E-state index in [-0.39, 0.29) is 11.7 Å². The minimum absolute atomic E-state index is 0.0684. The number of carbonyl (C=O) groups excluding carboxylic acids is 1. The van der Waals surface area contributed by atoms with E-state index >= 15 is 0 Å². The topological polar surface area (TPSA) is 61.7 Å². The molecule has 0 fully saturated rings. The Labute approximate surface area is 88.6 Å². The van der Waals surface area contributed by atoms with Gasteiger partial charge in [-0.25, -0.2) is 5.43 Å². The van der Waals surface area contributed by atoms with E-state index in [1.165, 1.54) is 12.1 Å². The minimum Gasteiger partial charge on any atom is -0.508 e. The molecule has 0 atom stereocenters. The second kappa shape index (κ2) is 5.14. The van der Waals surface area contributed by atoms with E-state index in [0.29, 0.717) is 5.56 Å². The van der Waals surface area contributed by atoms with Crippen LogP contribution in [0, 0.1) is 0 Å². The summed E-state index contributed by atoms with van der Waals surface area (Å²) in [5, 5.41) is 13.1. The number of amides is 1. The van der Waals surface area contributed by atoms with Gasteiger partial charge in [0.25, 0.3) is 5.91 Å². The summed E-state index contributed by atoms with van der Waals surface area (Å²) in [6.45, 7) is 3.79. The quantitative estimate of drug-likeness (QED) is 0.586. The number of nitrogens with one attached hydrogen (secondary N) is 1. The Morgan fingerprint density at radius 1 is 1.53 bits per heavy atom. The van der Waals surface area contributed by atoms with Crippen LogP contribution < -0.4 is 5.43 Å². The number of rotatable bonds is 3. The van der Waals surface area contributed by atoms with Crippen molar-refractivity contribution in [3.63, 3.8) is 0 Å². The first-order valence-electron chi connectivity index (χ1n) is 4.76. The monoisotopic (exact) mass is 206 g/mol. The van der Waals surface area contributed by atoms with Gasteiger partial charge < -0.3 is 5.11 Å². The van der Waals surface area contributed by atoms with Gasteiger partial charge in [0, 0.05) is 11.3 Å². The third-order valence-electron chi connectivity index (χ3n) is 1.97. The highest BCUT2D eigenvalue weighted by molar-refractivity contribution is 5.95. The molecule has 15 heavy (non-hydrogen) atoms. The summed E-state index contributed by atoms with van der Waals surface area (Å²) in [7, 11) is 0. The van der Waals surface area contributed by atoms with E-state index in [2.05, 4.69) is 10.5 Å². The number of phenols is 1. The van der Waals surface area contributed by atoms with Crippen LogP contribution in [0.3, 0.4) is 0 Å². The summed E-state index contributed by atoms with van der Waals surface area (Å²) in [6.07, 6.45) is 0.792. The van der Waals surface area contributed by atoms with Crippen LogP contribution in [0.2, 0.25) is 0 Å². The molecule has 4 heteroatoms. The van der Waals surface area contributed by atoms with Crippen molar-refractivity contribution in [1.82, 2.24) is 5.43 Å². The average molecular weight is 206 g/mol. The maximum absolute atomic E-state index is 11.5. The van der Waals surface area contributed by atoms with E-state index in [4.69, 9.17) is 5.11 Å². The van der Waals surface area contributed by atoms with Gasteiger partial charge in [0.1, 0.15) is 5.75 Å². The maximum atomic E-state index is 11.5. The molecule has 0 aliphatic rings. The molecule has 1 aromatic rings. The molecule has 0 bridgehead atoms. The van der Waals surface area contributed by atoms with Crippen LogP contribution in [0.25, 0.3) is 0 Å². The largest absolute Gasteiger partial charge is 0.508 e. The highest BCUT2D eigenvalue weighted by Gasteiger charge is 2.04. The van der Waals surface area contributed by atoms with Gasteiger partial charge in [-0.05, 0) is 31.5 Å². The summed E-state index contributed by atoms with van der Waals surface area (Å²) in [5.74, 6) is -0.252. The minimum atomic E-state index is -0.321. The van der Waals surface area contributed by atoms with Gasteiger partial charge in [-0.3, -0.25) is 4.79 Å². The predicted molar refractivity (Wildman–Crippen MR) is 59.0 cm³/mol. The third kappa shape index (κ3) is 3.42. The van der Waals surface area contributed by atoms with Crippen LogP contribution in [0.4, 0.5) is 0 Å². The molecule has 80 valence electrons. The zero-order valence-corrected chi connectivity index (χ0v) is 8.82. The number of hydrogen-bond donors (Lipinski definition) is 2. The molecule has 1 amide bonds. The first-order valence-corrected chi connectivity index (χ1v) is 4.76. The molecule has 0 unspecified atom stereocenters. The van der Waals surface area contributed by atoms with E-state index in [0.717, 1.165) is 12.1 Å². The number of nitrogens with zero attached hydrogens (tertiary/aromatic N) is 1. The maximum Gasteiger partial charge on any atom is 0.271 e. The van der Waals surface area contributed by atoms with Crippen molar-refractivity contribution in [2.24, 2.45) is 5.10 Å². The number of benzene rings is 1. The molecule has 0 radical (unpaired) electrons. The average Bonchev–Trinajstić information content (AvgIpc) is 2.25. The molecule has 0 saturated heterocycles. The number of hydrogen-bond acceptors (Lipinski definition) is 3. The van der Waals surface area contributed by atoms with Gasteiger partial charge in [-0.1, -0.05) is 13.0 Å². The van der Waals surface area contributed by atoms with Crippen molar-refractivity contribution < 1.29 is 9.90 Å². The van der Waals surface area contributed by atoms with Gasteiger partial charge in [-0.2, -0.15) is 5.10 Å². The number of phenolic OH excluding ortho intramolecular Hbond substituents is 1. The fraction of sp³-hybridized carbons (Fsp3) is 0.273. The van der Waals surface area contributed by atoms with E-state index in [1.807, 2.05) is 13.8 Å². The van der Waals surface area contributed by atoms with Crippen molar-refractivity contribution in [3.05, 3.63) is 29.8 Å². The predicted octanol–water partition coefficient (Wildman–Crippen LogP) is 1.91. The van der Waals surface area contributed by atoms with Crippen molar-refractivity contribution in [2.75, 3.05) is 0 Å². The van der Waals surface area contributed by atoms with Crippen LogP contribution >= 0.6 is 0 Å². The van der Waals surface area contributed by atoms with Gasteiger partial charge in [0.05, 0.1) is 0 Å². The third-order valence-corrected chi connectivity index (χ3v) is 1.97. The SMILES string of the molecule is CC/C(C)=N\NC(=O)c1cccc(O)c1. The highest BCUT2D eigenvalue weighted by Crippen LogP contribution is 2.10. The molecule has 0 aliphatic carbocycles. The summed E-state index contributed by atoms with van der Waals surface area (Å²) < 4.78 is 0. The lowest BCUT2D eigenvalue weighted by Crippen LogP contribution is -2.18. The molecule has 1 rings (SSSR count). The Balaban J connectivity index is 2.70. The zero-order chi connectivity index (χ0) is 11.3. The lowest BCUT2D eigenvalue weighted by molar-refractivity contribution is 0.0954. The molecule has 2 N–H and O–H groups in total. The molecule has 4 nitrogen and oxygen atoms in total. The lowest BCUT2D eigenvalue weighted by atomic mass is 10.2. The van der Waals surface area contributed by atoms with E-state index in [9.17, 15) is 4.79 Å². The molecule has 0 saturated carbocycles. The summed E-state index contributed by atoms with van der Waals surface area (Å²) in [5.41, 5.74) is 3.66. The number of carbonyl (C=O) groups is 1. The van der Waals surface area contributed by atoms with Crippen LogP contribution in [0.5, 0.6) is 5.75 Å². The van der Waals surface area contributed by atoms with Gasteiger partial charge in [-0.15, -0.1) is 0 Å². The Kier molecular flexibility index (Phi) is 3.85. The Bertz CT molecular complexity index is 386. The number of aromatic hydroxyl groups is 1. The fourth-order valence-electron chi connectivity index (χ4n) is 0.937. The molecule has 0 heterocycles. The van der Waals surface area contributed by atoms with Gasteiger partial charge in [0.15, 0.2) is 0 Å². The molecular formula is C11H14N2O2. The lowest BCUT2D eigenvalue weighted by Gasteiger charge is -2.01. The molecular weight excluding hydrogens is 192 g/mol. The van der Waals surface area contributed by atoms with Crippen molar-refractivity contribution >= 4 is 11.6 Å². The highest BCUT2D eigenvalue weighted by atomic mass is 16.3. The smallest absolute Gasteiger partial charge is 0.271 e. The van der Waals surface area contributed by atoms with E-state index < -0.39 is 0 Å². The van der Waals surface area contributed by atoms with Crippen LogP contribution in [-0.2, 0) is 0 Å². The Morgan fingerprint density at radius 2 is 2.27 bits per heavy atom. The van der Waals surface area contributed by atoms with Crippen LogP contribution in [-0.4, -0.2) is 16.7 Å². The Hall–Kier alpha value is -1.84. The molecule has 0 spiro atoms. The second-order valence-corrected chi connectivity index (χ2v) is 3.19. The van der Waals surface area contributed by atoms with Gasteiger partial charge in [0.2, 0.25) is 0 Å². The van der Waals surface area contributed by atoms with Crippen molar-refractivity contribution in [2.45, 2.75) is 20.3 Å². The van der Waals surface area contributed by atoms with Gasteiger partial charge >= 0.3 is 0 Å². The molecule has 0 aromatic heterocycles. The second-order valence-electron chi connectivity index (χ2n) is 3.19. The number of hydrazone groups is 1. The van der Waals surface area contributed by atoms with E-state index in [1.54, 1.807) is 12.1 Å². The normalized spacial score (nSPS) is 11.2. The van der Waals surface area contributed by atoms with Crippen LogP contribution in [0.1, 0.15) is 30.6 Å². The first kappa shape index (κ1) is 11.2. The first-order chi connectivity index (χ1) is 7.13.